The van der Waals surface area contributed by atoms with Crippen LogP contribution in [0.25, 0.3) is 16.8 Å². The molecule has 1 N–H and O–H groups in total. The van der Waals surface area contributed by atoms with Crippen molar-refractivity contribution in [3.8, 4) is 11.5 Å². The molecule has 1 saturated heterocycles. The quantitative estimate of drug-likeness (QED) is 0.177. The average Bonchev–Trinajstić information content (AvgIpc) is 3.22. The van der Waals surface area contributed by atoms with E-state index in [-0.39, 0.29) is 5.91 Å². The Labute approximate surface area is 227 Å². The zero-order valence-electron chi connectivity index (χ0n) is 19.5. The maximum absolute atomic E-state index is 12.6. The van der Waals surface area contributed by atoms with Crippen LogP contribution in [0.1, 0.15) is 18.1 Å². The number of rotatable bonds is 7. The Hall–Kier alpha value is -3.30. The number of aliphatic imine (C=N–C) groups is 1. The summed E-state index contributed by atoms with van der Waals surface area (Å²) >= 11 is 3.58. The van der Waals surface area contributed by atoms with Crippen LogP contribution in [0, 0.1) is 3.57 Å². The maximum Gasteiger partial charge on any atom is 0.264 e. The number of nitrogens with one attached hydrogen (secondary N) is 1. The Morgan fingerprint density at radius 2 is 1.72 bits per heavy atom. The molecule has 1 aliphatic rings. The monoisotopic (exact) mass is 606 g/mol. The molecule has 5 rings (SSSR count). The molecule has 4 aromatic carbocycles. The largest absolute Gasteiger partial charge is 0.490 e. The molecule has 0 unspecified atom stereocenters. The molecule has 36 heavy (non-hydrogen) atoms. The van der Waals surface area contributed by atoms with Crippen molar-refractivity contribution < 1.29 is 14.3 Å². The van der Waals surface area contributed by atoms with E-state index in [4.69, 9.17) is 9.47 Å². The SMILES string of the molecule is CCOc1cc(/C=C2/SC(=Nc3ccccc3)NC2=O)cc(I)c1OCc1ccc2ccccc2c1. The third-order valence-corrected chi connectivity index (χ3v) is 7.18. The van der Waals surface area contributed by atoms with Gasteiger partial charge in [-0.3, -0.25) is 4.79 Å². The number of nitrogens with zero attached hydrogens (tertiary/aromatic N) is 1. The Kier molecular flexibility index (Phi) is 7.58. The third-order valence-electron chi connectivity index (χ3n) is 5.46. The molecule has 1 heterocycles. The van der Waals surface area contributed by atoms with E-state index < -0.39 is 0 Å². The molecule has 4 aromatic rings. The number of carbonyl (C=O) groups is 1. The third kappa shape index (κ3) is 5.74. The molecule has 1 amide bonds. The van der Waals surface area contributed by atoms with Crippen molar-refractivity contribution in [2.45, 2.75) is 13.5 Å². The lowest BCUT2D eigenvalue weighted by molar-refractivity contribution is -0.115. The molecule has 0 saturated carbocycles. The van der Waals surface area contributed by atoms with E-state index in [1.54, 1.807) is 0 Å². The molecule has 1 fully saturated rings. The van der Waals surface area contributed by atoms with Crippen LogP contribution in [0.5, 0.6) is 11.5 Å². The normalized spacial score (nSPS) is 15.4. The van der Waals surface area contributed by atoms with Gasteiger partial charge in [0.25, 0.3) is 5.91 Å². The highest BCUT2D eigenvalue weighted by molar-refractivity contribution is 14.1. The van der Waals surface area contributed by atoms with E-state index >= 15 is 0 Å². The van der Waals surface area contributed by atoms with Crippen LogP contribution in [-0.2, 0) is 11.4 Å². The fraction of sp³-hybridized carbons (Fsp3) is 0.103. The summed E-state index contributed by atoms with van der Waals surface area (Å²) < 4.78 is 13.1. The summed E-state index contributed by atoms with van der Waals surface area (Å²) in [7, 11) is 0. The van der Waals surface area contributed by atoms with Gasteiger partial charge in [-0.1, -0.05) is 54.6 Å². The van der Waals surface area contributed by atoms with Gasteiger partial charge >= 0.3 is 0 Å². The first kappa shape index (κ1) is 24.4. The minimum absolute atomic E-state index is 0.167. The van der Waals surface area contributed by atoms with Gasteiger partial charge in [0.1, 0.15) is 6.61 Å². The van der Waals surface area contributed by atoms with Crippen LogP contribution in [0.3, 0.4) is 0 Å². The van der Waals surface area contributed by atoms with Gasteiger partial charge in [0.05, 0.1) is 20.8 Å². The minimum atomic E-state index is -0.167. The van der Waals surface area contributed by atoms with Crippen molar-refractivity contribution in [1.82, 2.24) is 5.32 Å². The molecular formula is C29H23IN2O3S. The van der Waals surface area contributed by atoms with E-state index in [0.29, 0.717) is 34.8 Å². The fourth-order valence-corrected chi connectivity index (χ4v) is 5.43. The topological polar surface area (TPSA) is 59.9 Å². The van der Waals surface area contributed by atoms with Crippen molar-refractivity contribution in [3.05, 3.63) is 105 Å². The Bertz CT molecular complexity index is 1480. The number of para-hydroxylation sites is 1. The zero-order valence-corrected chi connectivity index (χ0v) is 22.5. The van der Waals surface area contributed by atoms with Gasteiger partial charge in [-0.05, 0) is 99.6 Å². The summed E-state index contributed by atoms with van der Waals surface area (Å²) in [5.41, 5.74) is 2.74. The van der Waals surface area contributed by atoms with E-state index in [1.807, 2.05) is 67.6 Å². The fourth-order valence-electron chi connectivity index (χ4n) is 3.81. The van der Waals surface area contributed by atoms with Crippen LogP contribution in [-0.4, -0.2) is 17.7 Å². The Morgan fingerprint density at radius 3 is 2.53 bits per heavy atom. The highest BCUT2D eigenvalue weighted by Gasteiger charge is 2.24. The molecule has 0 spiro atoms. The van der Waals surface area contributed by atoms with Crippen LogP contribution in [0.15, 0.2) is 94.8 Å². The standard InChI is InChI=1S/C29H23IN2O3S/c1-2-34-25-16-20(17-26-28(33)32-29(36-26)31-23-10-4-3-5-11-23)15-24(30)27(25)35-18-19-12-13-21-8-6-7-9-22(21)14-19/h3-17H,2,18H2,1H3,(H,31,32,33)/b26-17+. The lowest BCUT2D eigenvalue weighted by Crippen LogP contribution is -2.19. The number of carbonyl (C=O) groups excluding carboxylic acids is 1. The number of halogens is 1. The molecule has 5 nitrogen and oxygen atoms in total. The molecule has 0 radical (unpaired) electrons. The second-order valence-corrected chi connectivity index (χ2v) is 10.2. The van der Waals surface area contributed by atoms with Gasteiger partial charge in [0.15, 0.2) is 16.7 Å². The number of amides is 1. The van der Waals surface area contributed by atoms with Crippen molar-refractivity contribution in [2.75, 3.05) is 6.61 Å². The molecule has 7 heteroatoms. The van der Waals surface area contributed by atoms with Crippen molar-refractivity contribution in [2.24, 2.45) is 4.99 Å². The second kappa shape index (κ2) is 11.2. The van der Waals surface area contributed by atoms with Gasteiger partial charge < -0.3 is 14.8 Å². The highest BCUT2D eigenvalue weighted by Crippen LogP contribution is 2.37. The molecule has 0 atom stereocenters. The molecule has 0 aromatic heterocycles. The van der Waals surface area contributed by atoms with Gasteiger partial charge in [-0.2, -0.15) is 0 Å². The van der Waals surface area contributed by atoms with Crippen molar-refractivity contribution >= 4 is 68.0 Å². The van der Waals surface area contributed by atoms with Gasteiger partial charge in [0, 0.05) is 0 Å². The molecule has 0 aliphatic carbocycles. The van der Waals surface area contributed by atoms with Gasteiger partial charge in [-0.25, -0.2) is 4.99 Å². The number of ether oxygens (including phenoxy) is 2. The first-order chi connectivity index (χ1) is 17.6. The summed E-state index contributed by atoms with van der Waals surface area (Å²) in [5.74, 6) is 1.18. The Balaban J connectivity index is 1.37. The number of hydrogen-bond acceptors (Lipinski definition) is 5. The Morgan fingerprint density at radius 1 is 0.944 bits per heavy atom. The summed E-state index contributed by atoms with van der Waals surface area (Å²) in [5, 5.41) is 5.79. The van der Waals surface area contributed by atoms with E-state index in [1.165, 1.54) is 22.5 Å². The second-order valence-electron chi connectivity index (χ2n) is 8.05. The first-order valence-corrected chi connectivity index (χ1v) is 13.4. The van der Waals surface area contributed by atoms with Crippen LogP contribution in [0.2, 0.25) is 0 Å². The first-order valence-electron chi connectivity index (χ1n) is 11.5. The van der Waals surface area contributed by atoms with Crippen LogP contribution >= 0.6 is 34.4 Å². The highest BCUT2D eigenvalue weighted by atomic mass is 127. The maximum atomic E-state index is 12.6. The van der Waals surface area contributed by atoms with Gasteiger partial charge in [-0.15, -0.1) is 0 Å². The number of thioether (sulfide) groups is 1. The van der Waals surface area contributed by atoms with Crippen molar-refractivity contribution in [3.63, 3.8) is 0 Å². The van der Waals surface area contributed by atoms with Crippen LogP contribution < -0.4 is 14.8 Å². The summed E-state index contributed by atoms with van der Waals surface area (Å²) in [6, 6.07) is 28.1. The molecule has 0 bridgehead atoms. The number of amidine groups is 1. The predicted molar refractivity (Wildman–Crippen MR) is 156 cm³/mol. The number of hydrogen-bond donors (Lipinski definition) is 1. The van der Waals surface area contributed by atoms with E-state index in [2.05, 4.69) is 63.2 Å². The lowest BCUT2D eigenvalue weighted by atomic mass is 10.1. The van der Waals surface area contributed by atoms with E-state index in [9.17, 15) is 4.79 Å². The minimum Gasteiger partial charge on any atom is -0.490 e. The summed E-state index contributed by atoms with van der Waals surface area (Å²) in [6.07, 6.45) is 1.85. The molecule has 1 aliphatic heterocycles. The molecule has 180 valence electrons. The molecular weight excluding hydrogens is 583 g/mol. The van der Waals surface area contributed by atoms with Crippen LogP contribution in [0.4, 0.5) is 5.69 Å². The predicted octanol–water partition coefficient (Wildman–Crippen LogP) is 7.31. The van der Waals surface area contributed by atoms with Crippen molar-refractivity contribution in [1.29, 1.82) is 0 Å². The lowest BCUT2D eigenvalue weighted by Gasteiger charge is -2.15. The number of fused-ring (bicyclic) bond motifs is 1. The van der Waals surface area contributed by atoms with E-state index in [0.717, 1.165) is 20.4 Å². The smallest absolute Gasteiger partial charge is 0.264 e. The summed E-state index contributed by atoms with van der Waals surface area (Å²) in [6.45, 7) is 2.88. The number of benzene rings is 4. The zero-order chi connectivity index (χ0) is 24.9. The summed E-state index contributed by atoms with van der Waals surface area (Å²) in [4.78, 5) is 17.6. The average molecular weight is 606 g/mol. The van der Waals surface area contributed by atoms with Gasteiger partial charge in [0.2, 0.25) is 0 Å².